The highest BCUT2D eigenvalue weighted by Crippen LogP contribution is 2.30. The summed E-state index contributed by atoms with van der Waals surface area (Å²) in [6.07, 6.45) is 0.585. The van der Waals surface area contributed by atoms with Crippen molar-refractivity contribution in [3.05, 3.63) is 29.1 Å². The van der Waals surface area contributed by atoms with Crippen molar-refractivity contribution in [2.75, 3.05) is 5.32 Å². The number of anilines is 1. The van der Waals surface area contributed by atoms with Gasteiger partial charge in [0.2, 0.25) is 5.82 Å². The minimum absolute atomic E-state index is 0.403. The SMILES string of the molecule is OC1CCCC1Nc1c(F)c(F)c(F)c(F)c1F. The van der Waals surface area contributed by atoms with Gasteiger partial charge in [-0.1, -0.05) is 0 Å². The van der Waals surface area contributed by atoms with Crippen LogP contribution in [0.25, 0.3) is 0 Å². The molecule has 1 aromatic carbocycles. The summed E-state index contributed by atoms with van der Waals surface area (Å²) in [4.78, 5) is 0. The molecule has 0 saturated heterocycles. The van der Waals surface area contributed by atoms with Crippen molar-refractivity contribution in [2.24, 2.45) is 0 Å². The Balaban J connectivity index is 2.38. The van der Waals surface area contributed by atoms with E-state index in [1.54, 1.807) is 0 Å². The van der Waals surface area contributed by atoms with E-state index in [0.717, 1.165) is 0 Å². The quantitative estimate of drug-likeness (QED) is 0.490. The van der Waals surface area contributed by atoms with E-state index in [-0.39, 0.29) is 0 Å². The fourth-order valence-electron chi connectivity index (χ4n) is 2.03. The summed E-state index contributed by atoms with van der Waals surface area (Å²) in [7, 11) is 0. The number of aliphatic hydroxyl groups excluding tert-OH is 1. The highest BCUT2D eigenvalue weighted by Gasteiger charge is 2.31. The van der Waals surface area contributed by atoms with Crippen LogP contribution in [-0.4, -0.2) is 17.3 Å². The zero-order chi connectivity index (χ0) is 13.4. The number of benzene rings is 1. The third-order valence-corrected chi connectivity index (χ3v) is 3.02. The Labute approximate surface area is 99.4 Å². The van der Waals surface area contributed by atoms with Crippen LogP contribution in [0.2, 0.25) is 0 Å². The Kier molecular flexibility index (Phi) is 3.43. The van der Waals surface area contributed by atoms with Gasteiger partial charge in [-0.05, 0) is 19.3 Å². The lowest BCUT2D eigenvalue weighted by Gasteiger charge is -2.19. The Bertz CT molecular complexity index is 450. The second-order valence-electron chi connectivity index (χ2n) is 4.19. The topological polar surface area (TPSA) is 32.3 Å². The predicted octanol–water partition coefficient (Wildman–Crippen LogP) is 2.71. The van der Waals surface area contributed by atoms with E-state index in [1.165, 1.54) is 0 Å². The van der Waals surface area contributed by atoms with Gasteiger partial charge in [-0.2, -0.15) is 0 Å². The minimum Gasteiger partial charge on any atom is -0.391 e. The summed E-state index contributed by atoms with van der Waals surface area (Å²) < 4.78 is 65.2. The standard InChI is InChI=1S/C11H10F5NO/c12-6-7(13)9(15)11(10(16)8(6)14)17-4-2-1-3-5(4)18/h4-5,17-18H,1-3H2. The van der Waals surface area contributed by atoms with Crippen LogP contribution >= 0.6 is 0 Å². The molecule has 2 N–H and O–H groups in total. The van der Waals surface area contributed by atoms with Crippen LogP contribution in [0.1, 0.15) is 19.3 Å². The number of hydrogen-bond acceptors (Lipinski definition) is 2. The van der Waals surface area contributed by atoms with E-state index in [1.807, 2.05) is 0 Å². The van der Waals surface area contributed by atoms with Crippen LogP contribution in [0, 0.1) is 29.1 Å². The number of aliphatic hydroxyl groups is 1. The Morgan fingerprint density at radius 1 is 0.833 bits per heavy atom. The molecule has 1 aromatic rings. The monoisotopic (exact) mass is 267 g/mol. The van der Waals surface area contributed by atoms with Crippen LogP contribution in [0.3, 0.4) is 0 Å². The van der Waals surface area contributed by atoms with Crippen molar-refractivity contribution in [2.45, 2.75) is 31.4 Å². The molecule has 1 aliphatic rings. The smallest absolute Gasteiger partial charge is 0.200 e. The zero-order valence-corrected chi connectivity index (χ0v) is 9.11. The average Bonchev–Trinajstić information content (AvgIpc) is 2.75. The van der Waals surface area contributed by atoms with E-state index < -0.39 is 46.9 Å². The van der Waals surface area contributed by atoms with Crippen LogP contribution in [-0.2, 0) is 0 Å². The van der Waals surface area contributed by atoms with Gasteiger partial charge < -0.3 is 10.4 Å². The fourth-order valence-corrected chi connectivity index (χ4v) is 2.03. The van der Waals surface area contributed by atoms with Crippen LogP contribution < -0.4 is 5.32 Å². The first kappa shape index (κ1) is 13.1. The molecule has 1 fully saturated rings. The first-order chi connectivity index (χ1) is 8.43. The maximum Gasteiger partial charge on any atom is 0.200 e. The molecule has 0 radical (unpaired) electrons. The maximum absolute atomic E-state index is 13.3. The van der Waals surface area contributed by atoms with Gasteiger partial charge in [0.25, 0.3) is 0 Å². The fraction of sp³-hybridized carbons (Fsp3) is 0.455. The lowest BCUT2D eigenvalue weighted by Crippen LogP contribution is -2.29. The number of hydrogen-bond donors (Lipinski definition) is 2. The van der Waals surface area contributed by atoms with Crippen molar-refractivity contribution in [1.82, 2.24) is 0 Å². The van der Waals surface area contributed by atoms with Crippen molar-refractivity contribution in [3.63, 3.8) is 0 Å². The third-order valence-electron chi connectivity index (χ3n) is 3.02. The number of halogens is 5. The van der Waals surface area contributed by atoms with Crippen molar-refractivity contribution >= 4 is 5.69 Å². The van der Waals surface area contributed by atoms with Gasteiger partial charge in [0.05, 0.1) is 12.1 Å². The van der Waals surface area contributed by atoms with Gasteiger partial charge in [-0.25, -0.2) is 22.0 Å². The lowest BCUT2D eigenvalue weighted by molar-refractivity contribution is 0.171. The molecule has 0 spiro atoms. The van der Waals surface area contributed by atoms with E-state index >= 15 is 0 Å². The second-order valence-corrected chi connectivity index (χ2v) is 4.19. The number of rotatable bonds is 2. The van der Waals surface area contributed by atoms with E-state index in [9.17, 15) is 27.1 Å². The summed E-state index contributed by atoms with van der Waals surface area (Å²) in [5.74, 6) is -10.0. The molecule has 0 amide bonds. The molecular formula is C11H10F5NO. The second kappa shape index (κ2) is 4.72. The molecule has 2 unspecified atom stereocenters. The molecule has 0 aromatic heterocycles. The zero-order valence-electron chi connectivity index (χ0n) is 9.11. The highest BCUT2D eigenvalue weighted by atomic mass is 19.2. The van der Waals surface area contributed by atoms with E-state index in [0.29, 0.717) is 19.3 Å². The van der Waals surface area contributed by atoms with Crippen molar-refractivity contribution in [3.8, 4) is 0 Å². The molecule has 1 saturated carbocycles. The Hall–Kier alpha value is -1.37. The third kappa shape index (κ3) is 2.03. The molecule has 2 nitrogen and oxygen atoms in total. The summed E-state index contributed by atoms with van der Waals surface area (Å²) in [5, 5.41) is 11.6. The van der Waals surface area contributed by atoms with Gasteiger partial charge in [0.15, 0.2) is 23.3 Å². The summed E-state index contributed by atoms with van der Waals surface area (Å²) in [6, 6.07) is -0.710. The van der Waals surface area contributed by atoms with E-state index in [4.69, 9.17) is 0 Å². The molecule has 2 atom stereocenters. The highest BCUT2D eigenvalue weighted by molar-refractivity contribution is 5.48. The normalized spacial score (nSPS) is 23.4. The van der Waals surface area contributed by atoms with Gasteiger partial charge in [0, 0.05) is 0 Å². The summed E-state index contributed by atoms with van der Waals surface area (Å²) >= 11 is 0. The number of nitrogens with one attached hydrogen (secondary N) is 1. The Morgan fingerprint density at radius 3 is 1.78 bits per heavy atom. The van der Waals surface area contributed by atoms with Crippen LogP contribution in [0.4, 0.5) is 27.6 Å². The largest absolute Gasteiger partial charge is 0.391 e. The molecule has 100 valence electrons. The molecule has 0 bridgehead atoms. The van der Waals surface area contributed by atoms with Crippen LogP contribution in [0.5, 0.6) is 0 Å². The lowest BCUT2D eigenvalue weighted by atomic mass is 10.2. The van der Waals surface area contributed by atoms with Crippen molar-refractivity contribution < 1.29 is 27.1 Å². The van der Waals surface area contributed by atoms with Gasteiger partial charge in [-0.15, -0.1) is 0 Å². The molecule has 18 heavy (non-hydrogen) atoms. The van der Waals surface area contributed by atoms with Gasteiger partial charge in [-0.3, -0.25) is 0 Å². The minimum atomic E-state index is -2.19. The van der Waals surface area contributed by atoms with E-state index in [2.05, 4.69) is 5.32 Å². The molecule has 2 rings (SSSR count). The first-order valence-electron chi connectivity index (χ1n) is 5.39. The van der Waals surface area contributed by atoms with Crippen LogP contribution in [0.15, 0.2) is 0 Å². The van der Waals surface area contributed by atoms with Gasteiger partial charge in [0.1, 0.15) is 5.69 Å². The average molecular weight is 267 g/mol. The molecular weight excluding hydrogens is 257 g/mol. The summed E-state index contributed by atoms with van der Waals surface area (Å²) in [5.41, 5.74) is -1.09. The molecule has 7 heteroatoms. The molecule has 0 aliphatic heterocycles. The Morgan fingerprint density at radius 2 is 1.33 bits per heavy atom. The van der Waals surface area contributed by atoms with Crippen molar-refractivity contribution in [1.29, 1.82) is 0 Å². The van der Waals surface area contributed by atoms with Gasteiger partial charge >= 0.3 is 0 Å². The molecule has 0 heterocycles. The summed E-state index contributed by atoms with van der Waals surface area (Å²) in [6.45, 7) is 0. The predicted molar refractivity (Wildman–Crippen MR) is 53.5 cm³/mol. The first-order valence-corrected chi connectivity index (χ1v) is 5.39. The maximum atomic E-state index is 13.3. The molecule has 1 aliphatic carbocycles.